The maximum absolute atomic E-state index is 11.4. The van der Waals surface area contributed by atoms with Gasteiger partial charge in [0.15, 0.2) is 0 Å². The maximum atomic E-state index is 11.4. The molecule has 0 N–H and O–H groups in total. The Kier molecular flexibility index (Phi) is 2.90. The zero-order valence-electron chi connectivity index (χ0n) is 7.80. The van der Waals surface area contributed by atoms with Crippen molar-refractivity contribution in [1.82, 2.24) is 0 Å². The number of hydrogen-bond acceptors (Lipinski definition) is 2. The summed E-state index contributed by atoms with van der Waals surface area (Å²) in [6, 6.07) is 0. The maximum Gasteiger partial charge on any atom is 0.315 e. The van der Waals surface area contributed by atoms with Crippen LogP contribution < -0.4 is 0 Å². The quantitative estimate of drug-likeness (QED) is 0.467. The van der Waals surface area contributed by atoms with E-state index < -0.39 is 0 Å². The van der Waals surface area contributed by atoms with E-state index in [-0.39, 0.29) is 11.4 Å². The van der Waals surface area contributed by atoms with E-state index in [4.69, 9.17) is 4.74 Å². The first-order valence-electron chi connectivity index (χ1n) is 4.54. The van der Waals surface area contributed by atoms with Crippen molar-refractivity contribution in [3.8, 4) is 0 Å². The van der Waals surface area contributed by atoms with Crippen LogP contribution in [-0.2, 0) is 9.53 Å². The van der Waals surface area contributed by atoms with Crippen molar-refractivity contribution in [2.75, 3.05) is 6.61 Å². The lowest BCUT2D eigenvalue weighted by molar-refractivity contribution is -0.152. The molecule has 0 heterocycles. The van der Waals surface area contributed by atoms with Gasteiger partial charge in [-0.25, -0.2) is 0 Å². The Morgan fingerprint density at radius 3 is 2.92 bits per heavy atom. The summed E-state index contributed by atoms with van der Waals surface area (Å²) in [5.41, 5.74) is -0.353. The molecule has 0 radical (unpaired) electrons. The monoisotopic (exact) mass is 168 g/mol. The van der Waals surface area contributed by atoms with Gasteiger partial charge in [-0.2, -0.15) is 0 Å². The van der Waals surface area contributed by atoms with E-state index in [0.29, 0.717) is 6.61 Å². The molecule has 0 aromatic heterocycles. The summed E-state index contributed by atoms with van der Waals surface area (Å²) in [6.45, 7) is 4.26. The lowest BCUT2D eigenvalue weighted by Gasteiger charge is -2.25. The third-order valence-electron chi connectivity index (χ3n) is 2.29. The number of ether oxygens (including phenoxy) is 1. The minimum absolute atomic E-state index is 0.0825. The first kappa shape index (κ1) is 9.30. The van der Waals surface area contributed by atoms with Gasteiger partial charge in [0, 0.05) is 0 Å². The molecule has 0 saturated carbocycles. The Labute approximate surface area is 73.6 Å². The van der Waals surface area contributed by atoms with Crippen molar-refractivity contribution in [2.24, 2.45) is 5.41 Å². The molecule has 0 amide bonds. The average Bonchev–Trinajstić information content (AvgIpc) is 2.06. The second-order valence-corrected chi connectivity index (χ2v) is 3.43. The van der Waals surface area contributed by atoms with Crippen LogP contribution in [0.25, 0.3) is 0 Å². The average molecular weight is 168 g/mol. The summed E-state index contributed by atoms with van der Waals surface area (Å²) >= 11 is 0. The molecule has 0 fully saturated rings. The fourth-order valence-electron chi connectivity index (χ4n) is 1.48. The van der Waals surface area contributed by atoms with Crippen molar-refractivity contribution in [2.45, 2.75) is 33.1 Å². The van der Waals surface area contributed by atoms with E-state index in [0.717, 1.165) is 19.3 Å². The van der Waals surface area contributed by atoms with Crippen LogP contribution in [0.3, 0.4) is 0 Å². The SMILES string of the molecule is CCOC(=O)C1(C)C=CCCC1. The molecule has 0 saturated heterocycles. The molecule has 68 valence electrons. The topological polar surface area (TPSA) is 26.3 Å². The highest BCUT2D eigenvalue weighted by molar-refractivity contribution is 5.78. The van der Waals surface area contributed by atoms with Crippen LogP contribution >= 0.6 is 0 Å². The standard InChI is InChI=1S/C10H16O2/c1-3-12-9(11)10(2)7-5-4-6-8-10/h5,7H,3-4,6,8H2,1-2H3. The second-order valence-electron chi connectivity index (χ2n) is 3.43. The van der Waals surface area contributed by atoms with Crippen LogP contribution in [0.2, 0.25) is 0 Å². The van der Waals surface area contributed by atoms with E-state index in [1.165, 1.54) is 0 Å². The highest BCUT2D eigenvalue weighted by Crippen LogP contribution is 2.31. The van der Waals surface area contributed by atoms with Gasteiger partial charge < -0.3 is 4.74 Å². The first-order chi connectivity index (χ1) is 5.69. The first-order valence-corrected chi connectivity index (χ1v) is 4.54. The molecule has 1 atom stereocenters. The summed E-state index contributed by atoms with van der Waals surface area (Å²) in [4.78, 5) is 11.4. The van der Waals surface area contributed by atoms with Crippen LogP contribution in [0.4, 0.5) is 0 Å². The van der Waals surface area contributed by atoms with E-state index in [1.807, 2.05) is 19.9 Å². The van der Waals surface area contributed by atoms with Crippen molar-refractivity contribution in [3.63, 3.8) is 0 Å². The molecule has 0 bridgehead atoms. The van der Waals surface area contributed by atoms with Crippen LogP contribution in [-0.4, -0.2) is 12.6 Å². The fraction of sp³-hybridized carbons (Fsp3) is 0.700. The molecule has 2 nitrogen and oxygen atoms in total. The molecule has 0 spiro atoms. The normalized spacial score (nSPS) is 28.5. The number of carbonyl (C=O) groups is 1. The predicted molar refractivity (Wildman–Crippen MR) is 47.7 cm³/mol. The molecule has 12 heavy (non-hydrogen) atoms. The Morgan fingerprint density at radius 1 is 1.67 bits per heavy atom. The van der Waals surface area contributed by atoms with Crippen molar-refractivity contribution >= 4 is 5.97 Å². The molecule has 2 heteroatoms. The van der Waals surface area contributed by atoms with Crippen molar-refractivity contribution in [3.05, 3.63) is 12.2 Å². The van der Waals surface area contributed by atoms with Gasteiger partial charge in [-0.05, 0) is 33.1 Å². The van der Waals surface area contributed by atoms with Gasteiger partial charge in [-0.3, -0.25) is 4.79 Å². The summed E-state index contributed by atoms with van der Waals surface area (Å²) in [7, 11) is 0. The van der Waals surface area contributed by atoms with Gasteiger partial charge in [-0.15, -0.1) is 0 Å². The van der Waals surface area contributed by atoms with Crippen molar-refractivity contribution in [1.29, 1.82) is 0 Å². The largest absolute Gasteiger partial charge is 0.465 e. The van der Waals surface area contributed by atoms with Crippen molar-refractivity contribution < 1.29 is 9.53 Å². The Morgan fingerprint density at radius 2 is 2.42 bits per heavy atom. The molecule has 1 unspecified atom stereocenters. The highest BCUT2D eigenvalue weighted by atomic mass is 16.5. The molecular weight excluding hydrogens is 152 g/mol. The Hall–Kier alpha value is -0.790. The van der Waals surface area contributed by atoms with Gasteiger partial charge in [-0.1, -0.05) is 12.2 Å². The lowest BCUT2D eigenvalue weighted by atomic mass is 9.81. The fourth-order valence-corrected chi connectivity index (χ4v) is 1.48. The zero-order chi connectivity index (χ0) is 9.03. The number of carbonyl (C=O) groups excluding carboxylic acids is 1. The van der Waals surface area contributed by atoms with Crippen LogP contribution in [0.1, 0.15) is 33.1 Å². The van der Waals surface area contributed by atoms with E-state index in [1.54, 1.807) is 0 Å². The number of esters is 1. The Balaban J connectivity index is 2.63. The van der Waals surface area contributed by atoms with Gasteiger partial charge in [0.2, 0.25) is 0 Å². The zero-order valence-corrected chi connectivity index (χ0v) is 7.80. The summed E-state index contributed by atoms with van der Waals surface area (Å²) < 4.78 is 4.99. The molecule has 1 aliphatic carbocycles. The van der Waals surface area contributed by atoms with Gasteiger partial charge in [0.1, 0.15) is 0 Å². The third-order valence-corrected chi connectivity index (χ3v) is 2.29. The minimum Gasteiger partial charge on any atom is -0.465 e. The lowest BCUT2D eigenvalue weighted by Crippen LogP contribution is -2.29. The van der Waals surface area contributed by atoms with E-state index in [2.05, 4.69) is 6.08 Å². The van der Waals surface area contributed by atoms with Gasteiger partial charge >= 0.3 is 5.97 Å². The summed E-state index contributed by atoms with van der Waals surface area (Å²) in [5.74, 6) is -0.0825. The molecule has 1 rings (SSSR count). The van der Waals surface area contributed by atoms with Gasteiger partial charge in [0.05, 0.1) is 12.0 Å². The third kappa shape index (κ3) is 1.87. The minimum atomic E-state index is -0.353. The van der Waals surface area contributed by atoms with Crippen LogP contribution in [0.5, 0.6) is 0 Å². The molecular formula is C10H16O2. The van der Waals surface area contributed by atoms with E-state index in [9.17, 15) is 4.79 Å². The predicted octanol–water partition coefficient (Wildman–Crippen LogP) is 2.30. The van der Waals surface area contributed by atoms with Crippen LogP contribution in [0.15, 0.2) is 12.2 Å². The van der Waals surface area contributed by atoms with Gasteiger partial charge in [0.25, 0.3) is 0 Å². The molecule has 1 aliphatic rings. The summed E-state index contributed by atoms with van der Waals surface area (Å²) in [5, 5.41) is 0. The number of rotatable bonds is 2. The molecule has 0 aromatic rings. The number of hydrogen-bond donors (Lipinski definition) is 0. The molecule has 0 aliphatic heterocycles. The number of allylic oxidation sites excluding steroid dienone is 1. The Bertz CT molecular complexity index is 196. The summed E-state index contributed by atoms with van der Waals surface area (Å²) in [6.07, 6.45) is 7.15. The highest BCUT2D eigenvalue weighted by Gasteiger charge is 2.32. The van der Waals surface area contributed by atoms with E-state index >= 15 is 0 Å². The second kappa shape index (κ2) is 3.74. The van der Waals surface area contributed by atoms with Crippen LogP contribution in [0, 0.1) is 5.41 Å². The molecule has 0 aromatic carbocycles. The smallest absolute Gasteiger partial charge is 0.315 e.